The monoisotopic (exact) mass is 339 g/mol. The van der Waals surface area contributed by atoms with E-state index in [-0.39, 0.29) is 29.3 Å². The van der Waals surface area contributed by atoms with Crippen LogP contribution in [0.4, 0.5) is 10.1 Å². The molecule has 7 heteroatoms. The van der Waals surface area contributed by atoms with E-state index in [1.54, 1.807) is 0 Å². The first-order valence-electron chi connectivity index (χ1n) is 7.79. The maximum absolute atomic E-state index is 13.1. The number of halogens is 2. The molecular weight excluding hydrogens is 321 g/mol. The third kappa shape index (κ3) is 4.20. The van der Waals surface area contributed by atoms with Gasteiger partial charge in [-0.25, -0.2) is 4.39 Å². The summed E-state index contributed by atoms with van der Waals surface area (Å²) >= 11 is 5.69. The van der Waals surface area contributed by atoms with Crippen molar-refractivity contribution in [2.75, 3.05) is 38.0 Å². The molecule has 1 saturated carbocycles. The molecule has 1 aromatic rings. The summed E-state index contributed by atoms with van der Waals surface area (Å²) in [5, 5.41) is 2.69. The Balaban J connectivity index is 1.45. The Bertz CT molecular complexity index is 613. The van der Waals surface area contributed by atoms with Crippen molar-refractivity contribution in [2.45, 2.75) is 12.8 Å². The van der Waals surface area contributed by atoms with Gasteiger partial charge in [0.2, 0.25) is 11.8 Å². The molecule has 5 nitrogen and oxygen atoms in total. The van der Waals surface area contributed by atoms with E-state index in [0.29, 0.717) is 31.9 Å². The fourth-order valence-electron chi connectivity index (χ4n) is 2.69. The van der Waals surface area contributed by atoms with Crippen molar-refractivity contribution in [1.82, 2.24) is 9.80 Å². The smallest absolute Gasteiger partial charge is 0.238 e. The minimum Gasteiger partial charge on any atom is -0.340 e. The van der Waals surface area contributed by atoms with Crippen molar-refractivity contribution in [3.63, 3.8) is 0 Å². The van der Waals surface area contributed by atoms with Crippen LogP contribution in [0.3, 0.4) is 0 Å². The van der Waals surface area contributed by atoms with Crippen LogP contribution in [0.25, 0.3) is 0 Å². The van der Waals surface area contributed by atoms with Crippen LogP contribution in [0.1, 0.15) is 12.8 Å². The predicted molar refractivity (Wildman–Crippen MR) is 85.8 cm³/mol. The zero-order valence-electron chi connectivity index (χ0n) is 12.7. The van der Waals surface area contributed by atoms with Gasteiger partial charge in [0.25, 0.3) is 0 Å². The second kappa shape index (κ2) is 6.84. The molecule has 0 atom stereocenters. The van der Waals surface area contributed by atoms with Crippen molar-refractivity contribution in [3.8, 4) is 0 Å². The topological polar surface area (TPSA) is 52.7 Å². The van der Waals surface area contributed by atoms with Crippen molar-refractivity contribution in [2.24, 2.45) is 5.92 Å². The first-order valence-corrected chi connectivity index (χ1v) is 8.17. The summed E-state index contributed by atoms with van der Waals surface area (Å²) in [5.41, 5.74) is 0.476. The Morgan fingerprint density at radius 2 is 1.91 bits per heavy atom. The molecule has 1 heterocycles. The first kappa shape index (κ1) is 16.2. The lowest BCUT2D eigenvalue weighted by Crippen LogP contribution is -2.50. The average molecular weight is 340 g/mol. The fourth-order valence-corrected chi connectivity index (χ4v) is 2.87. The molecule has 1 N–H and O–H groups in total. The van der Waals surface area contributed by atoms with E-state index in [4.69, 9.17) is 11.6 Å². The summed E-state index contributed by atoms with van der Waals surface area (Å²) < 4.78 is 13.1. The molecule has 0 unspecified atom stereocenters. The molecule has 1 aliphatic carbocycles. The fraction of sp³-hybridized carbons (Fsp3) is 0.500. The number of nitrogens with zero attached hydrogens (tertiary/aromatic N) is 2. The lowest BCUT2D eigenvalue weighted by Gasteiger charge is -2.34. The van der Waals surface area contributed by atoms with Crippen LogP contribution in [0.2, 0.25) is 5.02 Å². The van der Waals surface area contributed by atoms with Crippen LogP contribution < -0.4 is 5.32 Å². The van der Waals surface area contributed by atoms with Crippen molar-refractivity contribution in [1.29, 1.82) is 0 Å². The van der Waals surface area contributed by atoms with E-state index in [1.165, 1.54) is 18.2 Å². The van der Waals surface area contributed by atoms with Gasteiger partial charge in [0.15, 0.2) is 0 Å². The summed E-state index contributed by atoms with van der Waals surface area (Å²) in [7, 11) is 0. The Morgan fingerprint density at radius 3 is 2.52 bits per heavy atom. The molecular formula is C16H19ClFN3O2. The Kier molecular flexibility index (Phi) is 4.82. The van der Waals surface area contributed by atoms with Gasteiger partial charge in [-0.2, -0.15) is 0 Å². The normalized spacial score (nSPS) is 18.8. The van der Waals surface area contributed by atoms with Gasteiger partial charge in [-0.1, -0.05) is 11.6 Å². The number of nitrogens with one attached hydrogen (secondary N) is 1. The van der Waals surface area contributed by atoms with Gasteiger partial charge in [0.1, 0.15) is 5.82 Å². The second-order valence-electron chi connectivity index (χ2n) is 6.05. The van der Waals surface area contributed by atoms with E-state index < -0.39 is 5.82 Å². The minimum absolute atomic E-state index is 0.0185. The zero-order chi connectivity index (χ0) is 16.4. The van der Waals surface area contributed by atoms with E-state index in [9.17, 15) is 14.0 Å². The number of carbonyl (C=O) groups is 2. The van der Waals surface area contributed by atoms with Crippen molar-refractivity contribution < 1.29 is 14.0 Å². The molecule has 3 rings (SSSR count). The van der Waals surface area contributed by atoms with Crippen LogP contribution >= 0.6 is 11.6 Å². The molecule has 2 aliphatic rings. The summed E-state index contributed by atoms with van der Waals surface area (Å²) in [6, 6.07) is 4.09. The molecule has 0 radical (unpaired) electrons. The molecule has 124 valence electrons. The Morgan fingerprint density at radius 1 is 1.22 bits per heavy atom. The molecule has 2 fully saturated rings. The number of hydrogen-bond donors (Lipinski definition) is 1. The molecule has 2 amide bonds. The van der Waals surface area contributed by atoms with Gasteiger partial charge < -0.3 is 10.2 Å². The van der Waals surface area contributed by atoms with E-state index in [1.807, 2.05) is 9.80 Å². The first-order chi connectivity index (χ1) is 11.0. The van der Waals surface area contributed by atoms with E-state index >= 15 is 0 Å². The molecule has 1 aromatic carbocycles. The Labute approximate surface area is 139 Å². The second-order valence-corrected chi connectivity index (χ2v) is 6.46. The zero-order valence-corrected chi connectivity index (χ0v) is 13.5. The van der Waals surface area contributed by atoms with E-state index in [2.05, 4.69) is 5.32 Å². The van der Waals surface area contributed by atoms with Gasteiger partial charge >= 0.3 is 0 Å². The highest BCUT2D eigenvalue weighted by Crippen LogP contribution is 2.31. The average Bonchev–Trinajstić information content (AvgIpc) is 3.36. The largest absolute Gasteiger partial charge is 0.340 e. The lowest BCUT2D eigenvalue weighted by atomic mass is 10.2. The minimum atomic E-state index is -0.513. The lowest BCUT2D eigenvalue weighted by molar-refractivity contribution is -0.134. The summed E-state index contributed by atoms with van der Waals surface area (Å²) in [5.74, 6) is -0.182. The number of anilines is 1. The van der Waals surface area contributed by atoms with Crippen molar-refractivity contribution in [3.05, 3.63) is 29.0 Å². The molecule has 1 aliphatic heterocycles. The molecule has 23 heavy (non-hydrogen) atoms. The predicted octanol–water partition coefficient (Wildman–Crippen LogP) is 1.97. The van der Waals surface area contributed by atoms with Crippen LogP contribution in [0.15, 0.2) is 18.2 Å². The maximum atomic E-state index is 13.1. The van der Waals surface area contributed by atoms with Crippen LogP contribution in [0, 0.1) is 11.7 Å². The van der Waals surface area contributed by atoms with Gasteiger partial charge in [-0.3, -0.25) is 14.5 Å². The summed E-state index contributed by atoms with van der Waals surface area (Å²) in [4.78, 5) is 27.9. The highest BCUT2D eigenvalue weighted by molar-refractivity contribution is 6.31. The van der Waals surface area contributed by atoms with Gasteiger partial charge in [-0.15, -0.1) is 0 Å². The SMILES string of the molecule is O=C(CN1CCN(C(=O)C2CC2)CC1)Nc1ccc(F)c(Cl)c1. The van der Waals surface area contributed by atoms with Crippen LogP contribution in [0.5, 0.6) is 0 Å². The number of amides is 2. The van der Waals surface area contributed by atoms with Gasteiger partial charge in [-0.05, 0) is 31.0 Å². The van der Waals surface area contributed by atoms with Crippen molar-refractivity contribution >= 4 is 29.1 Å². The number of hydrogen-bond acceptors (Lipinski definition) is 3. The molecule has 0 aromatic heterocycles. The number of carbonyl (C=O) groups excluding carboxylic acids is 2. The molecule has 0 bridgehead atoms. The van der Waals surface area contributed by atoms with Crippen LogP contribution in [-0.2, 0) is 9.59 Å². The molecule has 0 spiro atoms. The Hall–Kier alpha value is -1.66. The third-order valence-corrected chi connectivity index (χ3v) is 4.47. The van der Waals surface area contributed by atoms with E-state index in [0.717, 1.165) is 12.8 Å². The quantitative estimate of drug-likeness (QED) is 0.912. The third-order valence-electron chi connectivity index (χ3n) is 4.18. The van der Waals surface area contributed by atoms with Gasteiger partial charge in [0, 0.05) is 37.8 Å². The molecule has 1 saturated heterocycles. The standard InChI is InChI=1S/C16H19ClFN3O2/c17-13-9-12(3-4-14(13)18)19-15(22)10-20-5-7-21(8-6-20)16(23)11-1-2-11/h3-4,9,11H,1-2,5-8,10H2,(H,19,22). The summed E-state index contributed by atoms with van der Waals surface area (Å²) in [6.07, 6.45) is 2.03. The summed E-state index contributed by atoms with van der Waals surface area (Å²) in [6.45, 7) is 2.97. The number of benzene rings is 1. The number of rotatable bonds is 4. The van der Waals surface area contributed by atoms with Crippen LogP contribution in [-0.4, -0.2) is 54.3 Å². The number of piperazine rings is 1. The maximum Gasteiger partial charge on any atom is 0.238 e. The highest BCUT2D eigenvalue weighted by Gasteiger charge is 2.34. The highest BCUT2D eigenvalue weighted by atomic mass is 35.5. The van der Waals surface area contributed by atoms with Gasteiger partial charge in [0.05, 0.1) is 11.6 Å².